The van der Waals surface area contributed by atoms with Gasteiger partial charge < -0.3 is 24.7 Å². The average Bonchev–Trinajstić information content (AvgIpc) is 3.66. The molecule has 0 aliphatic heterocycles. The number of aliphatic hydroxyl groups is 1. The van der Waals surface area contributed by atoms with Gasteiger partial charge in [0.2, 0.25) is 5.95 Å². The number of hydrogen-bond acceptors (Lipinski definition) is 7. The number of hydrogen-bond donors (Lipinski definition) is 3. The molecule has 0 atom stereocenters. The van der Waals surface area contributed by atoms with Crippen LogP contribution in [-0.4, -0.2) is 36.8 Å². The van der Waals surface area contributed by atoms with Crippen LogP contribution in [0.2, 0.25) is 0 Å². The summed E-state index contributed by atoms with van der Waals surface area (Å²) in [5.74, 6) is 2.23. The zero-order chi connectivity index (χ0) is 23.6. The van der Waals surface area contributed by atoms with Crippen LogP contribution < -0.4 is 10.6 Å². The number of benzene rings is 1. The lowest BCUT2D eigenvalue weighted by Crippen LogP contribution is -2.29. The second-order valence-electron chi connectivity index (χ2n) is 9.84. The fourth-order valence-electron chi connectivity index (χ4n) is 5.42. The standard InChI is InChI=1S/C27H32N6O2/c34-22-12-10-20(11-13-22)30-27-31-25(24-26(32-27)33(17-29-24)21-7-1-2-8-21)28-16-18-5-3-6-19(15-18)23-9-4-14-35-23/h3-6,9,14-15,17,20-22,34H,1-2,7-8,10-13,16H2,(H2,28,30,31,32). The van der Waals surface area contributed by atoms with Gasteiger partial charge in [0.15, 0.2) is 17.0 Å². The number of anilines is 2. The minimum atomic E-state index is -0.186. The predicted octanol–water partition coefficient (Wildman–Crippen LogP) is 5.53. The van der Waals surface area contributed by atoms with Crippen molar-refractivity contribution in [2.24, 2.45) is 0 Å². The van der Waals surface area contributed by atoms with Crippen LogP contribution >= 0.6 is 0 Å². The average molecular weight is 473 g/mol. The van der Waals surface area contributed by atoms with Crippen molar-refractivity contribution < 1.29 is 9.52 Å². The molecule has 6 rings (SSSR count). The van der Waals surface area contributed by atoms with E-state index in [0.717, 1.165) is 59.6 Å². The Kier molecular flexibility index (Phi) is 6.12. The zero-order valence-electron chi connectivity index (χ0n) is 19.9. The molecule has 0 spiro atoms. The minimum Gasteiger partial charge on any atom is -0.464 e. The maximum absolute atomic E-state index is 9.88. The number of imidazole rings is 1. The first-order valence-electron chi connectivity index (χ1n) is 12.8. The van der Waals surface area contributed by atoms with E-state index in [0.29, 0.717) is 18.5 Å². The van der Waals surface area contributed by atoms with E-state index in [2.05, 4.69) is 33.4 Å². The highest BCUT2D eigenvalue weighted by Gasteiger charge is 2.24. The van der Waals surface area contributed by atoms with Gasteiger partial charge in [0.25, 0.3) is 0 Å². The monoisotopic (exact) mass is 472 g/mol. The van der Waals surface area contributed by atoms with Crippen LogP contribution in [0, 0.1) is 0 Å². The molecule has 2 aliphatic rings. The van der Waals surface area contributed by atoms with Gasteiger partial charge in [0.05, 0.1) is 18.7 Å². The largest absolute Gasteiger partial charge is 0.464 e. The third-order valence-corrected chi connectivity index (χ3v) is 7.36. The Morgan fingerprint density at radius 3 is 2.66 bits per heavy atom. The summed E-state index contributed by atoms with van der Waals surface area (Å²) in [5, 5.41) is 16.9. The third kappa shape index (κ3) is 4.75. The van der Waals surface area contributed by atoms with Crippen LogP contribution in [0.5, 0.6) is 0 Å². The van der Waals surface area contributed by atoms with Gasteiger partial charge in [0, 0.05) is 24.2 Å². The van der Waals surface area contributed by atoms with Crippen LogP contribution in [0.4, 0.5) is 11.8 Å². The van der Waals surface area contributed by atoms with Gasteiger partial charge in [-0.3, -0.25) is 0 Å². The maximum Gasteiger partial charge on any atom is 0.227 e. The number of furan rings is 1. The number of nitrogens with zero attached hydrogens (tertiary/aromatic N) is 4. The highest BCUT2D eigenvalue weighted by molar-refractivity contribution is 5.84. The van der Waals surface area contributed by atoms with Crippen molar-refractivity contribution in [3.05, 3.63) is 54.6 Å². The summed E-state index contributed by atoms with van der Waals surface area (Å²) in [7, 11) is 0. The quantitative estimate of drug-likeness (QED) is 0.325. The molecule has 0 unspecified atom stereocenters. The van der Waals surface area contributed by atoms with Gasteiger partial charge in [-0.1, -0.05) is 31.0 Å². The highest BCUT2D eigenvalue weighted by Crippen LogP contribution is 2.33. The Bertz CT molecular complexity index is 1270. The lowest BCUT2D eigenvalue weighted by Gasteiger charge is -2.26. The summed E-state index contributed by atoms with van der Waals surface area (Å²) in [6.07, 6.45) is 11.8. The number of nitrogens with one attached hydrogen (secondary N) is 2. The first-order chi connectivity index (χ1) is 17.2. The Labute approximate surface area is 204 Å². The SMILES string of the molecule is OC1CCC(Nc2nc(NCc3cccc(-c4ccco4)c3)c3ncn(C4CCCC4)c3n2)CC1. The van der Waals surface area contributed by atoms with Crippen molar-refractivity contribution in [1.29, 1.82) is 0 Å². The molecule has 0 saturated heterocycles. The normalized spacial score (nSPS) is 20.9. The van der Waals surface area contributed by atoms with E-state index in [4.69, 9.17) is 19.4 Å². The molecular weight excluding hydrogens is 440 g/mol. The summed E-state index contributed by atoms with van der Waals surface area (Å²) in [4.78, 5) is 14.5. The van der Waals surface area contributed by atoms with Crippen LogP contribution in [0.3, 0.4) is 0 Å². The van der Waals surface area contributed by atoms with Gasteiger partial charge in [-0.15, -0.1) is 0 Å². The number of fused-ring (bicyclic) bond motifs is 1. The molecule has 2 aliphatic carbocycles. The lowest BCUT2D eigenvalue weighted by molar-refractivity contribution is 0.126. The molecule has 0 amide bonds. The molecule has 4 aromatic rings. The fourth-order valence-corrected chi connectivity index (χ4v) is 5.42. The zero-order valence-corrected chi connectivity index (χ0v) is 19.9. The van der Waals surface area contributed by atoms with Crippen molar-refractivity contribution in [3.63, 3.8) is 0 Å². The molecular formula is C27H32N6O2. The summed E-state index contributed by atoms with van der Waals surface area (Å²) in [6, 6.07) is 12.9. The smallest absolute Gasteiger partial charge is 0.227 e. The topological polar surface area (TPSA) is 101 Å². The first-order valence-corrected chi connectivity index (χ1v) is 12.8. The van der Waals surface area contributed by atoms with E-state index in [1.54, 1.807) is 6.26 Å². The highest BCUT2D eigenvalue weighted by atomic mass is 16.3. The summed E-state index contributed by atoms with van der Waals surface area (Å²) in [5.41, 5.74) is 3.88. The maximum atomic E-state index is 9.88. The first kappa shape index (κ1) is 22.1. The number of aromatic nitrogens is 4. The molecule has 8 nitrogen and oxygen atoms in total. The molecule has 0 radical (unpaired) electrons. The number of aliphatic hydroxyl groups excluding tert-OH is 1. The van der Waals surface area contributed by atoms with Crippen LogP contribution in [0.1, 0.15) is 63.0 Å². The van der Waals surface area contributed by atoms with Crippen molar-refractivity contribution in [2.45, 2.75) is 76.1 Å². The Hall–Kier alpha value is -3.39. The van der Waals surface area contributed by atoms with E-state index in [9.17, 15) is 5.11 Å². The number of rotatable bonds is 7. The van der Waals surface area contributed by atoms with E-state index >= 15 is 0 Å². The van der Waals surface area contributed by atoms with Gasteiger partial charge in [-0.25, -0.2) is 4.98 Å². The van der Waals surface area contributed by atoms with Gasteiger partial charge in [-0.05, 0) is 62.3 Å². The van der Waals surface area contributed by atoms with Crippen LogP contribution in [0.15, 0.2) is 53.4 Å². The molecule has 35 heavy (non-hydrogen) atoms. The van der Waals surface area contributed by atoms with Crippen molar-refractivity contribution in [1.82, 2.24) is 19.5 Å². The van der Waals surface area contributed by atoms with Crippen LogP contribution in [0.25, 0.3) is 22.5 Å². The molecule has 3 aromatic heterocycles. The molecule has 3 N–H and O–H groups in total. The molecule has 1 aromatic carbocycles. The molecule has 3 heterocycles. The third-order valence-electron chi connectivity index (χ3n) is 7.36. The fraction of sp³-hybridized carbons (Fsp3) is 0.444. The molecule has 8 heteroatoms. The Morgan fingerprint density at radius 2 is 1.86 bits per heavy atom. The van der Waals surface area contributed by atoms with E-state index in [1.165, 1.54) is 25.7 Å². The van der Waals surface area contributed by atoms with Crippen molar-refractivity contribution in [2.75, 3.05) is 10.6 Å². The van der Waals surface area contributed by atoms with Crippen molar-refractivity contribution >= 4 is 22.9 Å². The van der Waals surface area contributed by atoms with E-state index in [-0.39, 0.29) is 12.1 Å². The summed E-state index contributed by atoms with van der Waals surface area (Å²) in [6.45, 7) is 0.617. The van der Waals surface area contributed by atoms with Gasteiger partial charge in [-0.2, -0.15) is 9.97 Å². The molecule has 2 fully saturated rings. The molecule has 0 bridgehead atoms. The van der Waals surface area contributed by atoms with E-state index in [1.807, 2.05) is 24.5 Å². The molecule has 182 valence electrons. The summed E-state index contributed by atoms with van der Waals surface area (Å²) < 4.78 is 7.80. The van der Waals surface area contributed by atoms with E-state index < -0.39 is 0 Å². The minimum absolute atomic E-state index is 0.186. The van der Waals surface area contributed by atoms with Crippen LogP contribution in [-0.2, 0) is 6.54 Å². The predicted molar refractivity (Wildman–Crippen MR) is 136 cm³/mol. The second-order valence-corrected chi connectivity index (χ2v) is 9.84. The Balaban J connectivity index is 1.28. The second kappa shape index (κ2) is 9.70. The summed E-state index contributed by atoms with van der Waals surface area (Å²) >= 11 is 0. The van der Waals surface area contributed by atoms with Crippen molar-refractivity contribution in [3.8, 4) is 11.3 Å². The lowest BCUT2D eigenvalue weighted by atomic mass is 9.93. The molecule has 2 saturated carbocycles. The van der Waals surface area contributed by atoms with Gasteiger partial charge >= 0.3 is 0 Å². The van der Waals surface area contributed by atoms with Gasteiger partial charge in [0.1, 0.15) is 5.76 Å². The Morgan fingerprint density at radius 1 is 1.00 bits per heavy atom.